The van der Waals surface area contributed by atoms with E-state index in [0.29, 0.717) is 40.7 Å². The maximum atomic E-state index is 12.6. The van der Waals surface area contributed by atoms with Gasteiger partial charge in [-0.1, -0.05) is 23.7 Å². The van der Waals surface area contributed by atoms with E-state index in [1.54, 1.807) is 42.5 Å². The Morgan fingerprint density at radius 3 is 2.75 bits per heavy atom. The van der Waals surface area contributed by atoms with E-state index in [-0.39, 0.29) is 17.9 Å². The lowest BCUT2D eigenvalue weighted by molar-refractivity contribution is 0.0858. The van der Waals surface area contributed by atoms with E-state index < -0.39 is 0 Å². The van der Waals surface area contributed by atoms with Crippen molar-refractivity contribution in [3.05, 3.63) is 58.6 Å². The number of halogens is 1. The Bertz CT molecular complexity index is 850. The van der Waals surface area contributed by atoms with Gasteiger partial charge in [-0.2, -0.15) is 0 Å². The van der Waals surface area contributed by atoms with Crippen LogP contribution in [-0.2, 0) is 4.74 Å². The van der Waals surface area contributed by atoms with Crippen LogP contribution in [0.25, 0.3) is 0 Å². The van der Waals surface area contributed by atoms with Crippen LogP contribution in [0.1, 0.15) is 40.5 Å². The number of para-hydroxylation sites is 1. The molecule has 148 valence electrons. The number of ether oxygens (including phenoxy) is 2. The standard InChI is InChI=1S/C21H23ClN2O4/c1-2-27-19-10-9-14(12-17(19)22)20(25)24-18-8-4-3-7-16(18)21(26)23-13-15-6-5-11-28-15/h3-4,7-10,12,15H,2,5-6,11,13H2,1H3,(H,23,26)(H,24,25)/t15-/m1/s1. The quantitative estimate of drug-likeness (QED) is 0.736. The highest BCUT2D eigenvalue weighted by molar-refractivity contribution is 6.32. The second-order valence-corrected chi connectivity index (χ2v) is 6.83. The normalized spacial score (nSPS) is 15.9. The molecule has 0 saturated carbocycles. The second-order valence-electron chi connectivity index (χ2n) is 6.42. The van der Waals surface area contributed by atoms with Gasteiger partial charge in [0.05, 0.1) is 29.0 Å². The smallest absolute Gasteiger partial charge is 0.255 e. The van der Waals surface area contributed by atoms with E-state index in [4.69, 9.17) is 21.1 Å². The van der Waals surface area contributed by atoms with Gasteiger partial charge in [0.1, 0.15) is 5.75 Å². The van der Waals surface area contributed by atoms with Gasteiger partial charge < -0.3 is 20.1 Å². The molecular formula is C21H23ClN2O4. The van der Waals surface area contributed by atoms with Crippen molar-refractivity contribution < 1.29 is 19.1 Å². The highest BCUT2D eigenvalue weighted by Gasteiger charge is 2.19. The predicted octanol–water partition coefficient (Wildman–Crippen LogP) is 3.90. The summed E-state index contributed by atoms with van der Waals surface area (Å²) in [5.74, 6) is -0.0879. The molecule has 2 amide bonds. The van der Waals surface area contributed by atoms with Gasteiger partial charge in [0.15, 0.2) is 0 Å². The molecule has 0 unspecified atom stereocenters. The number of nitrogens with one attached hydrogen (secondary N) is 2. The summed E-state index contributed by atoms with van der Waals surface area (Å²) >= 11 is 6.16. The maximum Gasteiger partial charge on any atom is 0.255 e. The van der Waals surface area contributed by atoms with Crippen LogP contribution in [-0.4, -0.2) is 37.7 Å². The Labute approximate surface area is 169 Å². The molecule has 2 N–H and O–H groups in total. The minimum atomic E-state index is -0.357. The largest absolute Gasteiger partial charge is 0.492 e. The van der Waals surface area contributed by atoms with Gasteiger partial charge in [0.2, 0.25) is 0 Å². The first-order valence-electron chi connectivity index (χ1n) is 9.31. The Balaban J connectivity index is 1.69. The van der Waals surface area contributed by atoms with E-state index >= 15 is 0 Å². The molecule has 0 radical (unpaired) electrons. The average molecular weight is 403 g/mol. The molecule has 0 aromatic heterocycles. The molecule has 0 spiro atoms. The van der Waals surface area contributed by atoms with E-state index in [9.17, 15) is 9.59 Å². The molecule has 1 saturated heterocycles. The molecule has 1 fully saturated rings. The maximum absolute atomic E-state index is 12.6. The molecular weight excluding hydrogens is 380 g/mol. The average Bonchev–Trinajstić information content (AvgIpc) is 3.22. The zero-order valence-corrected chi connectivity index (χ0v) is 16.4. The van der Waals surface area contributed by atoms with Crippen molar-refractivity contribution in [3.8, 4) is 5.75 Å². The van der Waals surface area contributed by atoms with Gasteiger partial charge in [-0.25, -0.2) is 0 Å². The summed E-state index contributed by atoms with van der Waals surface area (Å²) in [5, 5.41) is 6.01. The van der Waals surface area contributed by atoms with Crippen LogP contribution in [0, 0.1) is 0 Å². The van der Waals surface area contributed by atoms with Crippen LogP contribution < -0.4 is 15.4 Å². The molecule has 2 aromatic rings. The van der Waals surface area contributed by atoms with E-state index in [2.05, 4.69) is 10.6 Å². The van der Waals surface area contributed by atoms with Crippen molar-refractivity contribution in [1.82, 2.24) is 5.32 Å². The minimum Gasteiger partial charge on any atom is -0.492 e. The Hall–Kier alpha value is -2.57. The van der Waals surface area contributed by atoms with Crippen LogP contribution in [0.15, 0.2) is 42.5 Å². The monoisotopic (exact) mass is 402 g/mol. The number of amides is 2. The predicted molar refractivity (Wildman–Crippen MR) is 108 cm³/mol. The lowest BCUT2D eigenvalue weighted by Gasteiger charge is -2.14. The topological polar surface area (TPSA) is 76.7 Å². The van der Waals surface area contributed by atoms with Crippen LogP contribution in [0.5, 0.6) is 5.75 Å². The summed E-state index contributed by atoms with van der Waals surface area (Å²) < 4.78 is 10.9. The fraction of sp³-hybridized carbons (Fsp3) is 0.333. The summed E-state index contributed by atoms with van der Waals surface area (Å²) in [4.78, 5) is 25.2. The highest BCUT2D eigenvalue weighted by Crippen LogP contribution is 2.26. The first-order valence-corrected chi connectivity index (χ1v) is 9.68. The molecule has 7 heteroatoms. The summed E-state index contributed by atoms with van der Waals surface area (Å²) in [6, 6.07) is 11.7. The zero-order valence-electron chi connectivity index (χ0n) is 15.7. The molecule has 28 heavy (non-hydrogen) atoms. The van der Waals surface area contributed by atoms with Crippen LogP contribution in [0.2, 0.25) is 5.02 Å². The third kappa shape index (κ3) is 5.03. The van der Waals surface area contributed by atoms with E-state index in [0.717, 1.165) is 19.4 Å². The molecule has 0 aliphatic carbocycles. The minimum absolute atomic E-state index is 0.0525. The lowest BCUT2D eigenvalue weighted by atomic mass is 10.1. The number of rotatable bonds is 7. The SMILES string of the molecule is CCOc1ccc(C(=O)Nc2ccccc2C(=O)NC[C@H]2CCCO2)cc1Cl. The number of carbonyl (C=O) groups is 2. The van der Waals surface area contributed by atoms with Gasteiger partial charge in [-0.15, -0.1) is 0 Å². The number of anilines is 1. The molecule has 6 nitrogen and oxygen atoms in total. The summed E-state index contributed by atoms with van der Waals surface area (Å²) in [6.45, 7) is 3.53. The summed E-state index contributed by atoms with van der Waals surface area (Å²) in [6.07, 6.45) is 2.01. The van der Waals surface area contributed by atoms with Gasteiger partial charge in [-0.3, -0.25) is 9.59 Å². The van der Waals surface area contributed by atoms with Crippen molar-refractivity contribution in [2.75, 3.05) is 25.1 Å². The van der Waals surface area contributed by atoms with E-state index in [1.165, 1.54) is 0 Å². The summed E-state index contributed by atoms with van der Waals surface area (Å²) in [7, 11) is 0. The summed E-state index contributed by atoms with van der Waals surface area (Å²) in [5.41, 5.74) is 1.20. The van der Waals surface area contributed by atoms with Gasteiger partial charge in [-0.05, 0) is 50.1 Å². The number of benzene rings is 2. The van der Waals surface area contributed by atoms with Crippen molar-refractivity contribution in [2.45, 2.75) is 25.9 Å². The second kappa shape index (κ2) is 9.57. The fourth-order valence-corrected chi connectivity index (χ4v) is 3.24. The Morgan fingerprint density at radius 1 is 1.21 bits per heavy atom. The molecule has 2 aromatic carbocycles. The van der Waals surface area contributed by atoms with Crippen molar-refractivity contribution in [1.29, 1.82) is 0 Å². The Morgan fingerprint density at radius 2 is 2.04 bits per heavy atom. The van der Waals surface area contributed by atoms with Crippen LogP contribution >= 0.6 is 11.6 Å². The van der Waals surface area contributed by atoms with Crippen LogP contribution in [0.4, 0.5) is 5.69 Å². The van der Waals surface area contributed by atoms with Gasteiger partial charge >= 0.3 is 0 Å². The molecule has 3 rings (SSSR count). The van der Waals surface area contributed by atoms with Gasteiger partial charge in [0.25, 0.3) is 11.8 Å². The molecule has 1 heterocycles. The number of carbonyl (C=O) groups excluding carboxylic acids is 2. The number of hydrogen-bond donors (Lipinski definition) is 2. The van der Waals surface area contributed by atoms with Crippen LogP contribution in [0.3, 0.4) is 0 Å². The third-order valence-corrected chi connectivity index (χ3v) is 4.72. The lowest BCUT2D eigenvalue weighted by Crippen LogP contribution is -2.32. The highest BCUT2D eigenvalue weighted by atomic mass is 35.5. The zero-order chi connectivity index (χ0) is 19.9. The fourth-order valence-electron chi connectivity index (χ4n) is 3.01. The van der Waals surface area contributed by atoms with Crippen molar-refractivity contribution in [2.24, 2.45) is 0 Å². The molecule has 0 bridgehead atoms. The third-order valence-electron chi connectivity index (χ3n) is 4.43. The number of hydrogen-bond acceptors (Lipinski definition) is 4. The Kier molecular flexibility index (Phi) is 6.90. The van der Waals surface area contributed by atoms with Crippen molar-refractivity contribution >= 4 is 29.1 Å². The molecule has 1 atom stereocenters. The first-order chi connectivity index (χ1) is 13.6. The van der Waals surface area contributed by atoms with E-state index in [1.807, 2.05) is 6.92 Å². The first kappa shape index (κ1) is 20.2. The molecule has 1 aliphatic heterocycles. The van der Waals surface area contributed by atoms with Crippen molar-refractivity contribution in [3.63, 3.8) is 0 Å². The van der Waals surface area contributed by atoms with Gasteiger partial charge in [0, 0.05) is 18.7 Å². The molecule has 1 aliphatic rings.